The number of rotatable bonds is 3. The number of aromatic nitrogens is 2. The number of benzene rings is 1. The summed E-state index contributed by atoms with van der Waals surface area (Å²) in [5, 5.41) is 7.30. The second-order valence-electron chi connectivity index (χ2n) is 4.85. The average Bonchev–Trinajstić information content (AvgIpc) is 2.44. The molecule has 1 amide bonds. The number of aryl methyl sites for hydroxylation is 2. The summed E-state index contributed by atoms with van der Waals surface area (Å²) in [6.45, 7) is 5.23. The molecule has 0 aliphatic rings. The van der Waals surface area contributed by atoms with Crippen molar-refractivity contribution in [2.75, 3.05) is 5.32 Å². The van der Waals surface area contributed by atoms with E-state index in [1.54, 1.807) is 26.0 Å². The highest BCUT2D eigenvalue weighted by Gasteiger charge is 2.19. The number of anilines is 1. The minimum atomic E-state index is -0.729. The van der Waals surface area contributed by atoms with E-state index in [9.17, 15) is 9.59 Å². The van der Waals surface area contributed by atoms with Crippen molar-refractivity contribution in [1.82, 2.24) is 9.78 Å². The molecule has 1 atom stereocenters. The molecule has 0 saturated carbocycles. The van der Waals surface area contributed by atoms with E-state index in [2.05, 4.69) is 10.4 Å². The van der Waals surface area contributed by atoms with Crippen LogP contribution in [0.4, 0.5) is 5.69 Å². The standard InChI is InChI=1S/C15H16ClN3O2/c1-9-5-4-6-12(16)14(9)17-15(21)11(3)19-13(20)8-7-10(2)18-19/h4-8,11H,1-3H3,(H,17,21)/t11-/m0/s1. The highest BCUT2D eigenvalue weighted by atomic mass is 35.5. The van der Waals surface area contributed by atoms with E-state index in [4.69, 9.17) is 11.6 Å². The lowest BCUT2D eigenvalue weighted by Gasteiger charge is -2.16. The largest absolute Gasteiger partial charge is 0.323 e. The normalized spacial score (nSPS) is 12.0. The van der Waals surface area contributed by atoms with Gasteiger partial charge in [0.25, 0.3) is 5.56 Å². The zero-order valence-corrected chi connectivity index (χ0v) is 12.8. The smallest absolute Gasteiger partial charge is 0.267 e. The molecular weight excluding hydrogens is 290 g/mol. The number of hydrogen-bond donors (Lipinski definition) is 1. The Balaban J connectivity index is 2.28. The first-order chi connectivity index (χ1) is 9.90. The number of halogens is 1. The molecule has 0 bridgehead atoms. The van der Waals surface area contributed by atoms with Crippen LogP contribution in [0.5, 0.6) is 0 Å². The summed E-state index contributed by atoms with van der Waals surface area (Å²) in [6.07, 6.45) is 0. The van der Waals surface area contributed by atoms with Gasteiger partial charge in [-0.1, -0.05) is 23.7 Å². The van der Waals surface area contributed by atoms with E-state index >= 15 is 0 Å². The van der Waals surface area contributed by atoms with Gasteiger partial charge in [-0.3, -0.25) is 9.59 Å². The van der Waals surface area contributed by atoms with Gasteiger partial charge in [0.15, 0.2) is 0 Å². The Kier molecular flexibility index (Phi) is 4.43. The molecular formula is C15H16ClN3O2. The molecule has 0 saturated heterocycles. The van der Waals surface area contributed by atoms with Crippen molar-refractivity contribution in [1.29, 1.82) is 0 Å². The third-order valence-corrected chi connectivity index (χ3v) is 3.49. The van der Waals surface area contributed by atoms with Crippen molar-refractivity contribution < 1.29 is 4.79 Å². The minimum absolute atomic E-state index is 0.320. The van der Waals surface area contributed by atoms with Crippen molar-refractivity contribution in [2.45, 2.75) is 26.8 Å². The molecule has 0 fully saturated rings. The van der Waals surface area contributed by atoms with Gasteiger partial charge in [0.05, 0.1) is 16.4 Å². The maximum Gasteiger partial charge on any atom is 0.267 e. The Morgan fingerprint density at radius 1 is 1.29 bits per heavy atom. The van der Waals surface area contributed by atoms with E-state index < -0.39 is 6.04 Å². The minimum Gasteiger partial charge on any atom is -0.323 e. The molecule has 0 spiro atoms. The summed E-state index contributed by atoms with van der Waals surface area (Å²) < 4.78 is 1.16. The lowest BCUT2D eigenvalue weighted by atomic mass is 10.2. The Hall–Kier alpha value is -2.14. The SMILES string of the molecule is Cc1ccc(=O)n([C@@H](C)C(=O)Nc2c(C)cccc2Cl)n1. The van der Waals surface area contributed by atoms with Gasteiger partial charge < -0.3 is 5.32 Å². The molecule has 2 rings (SSSR count). The van der Waals surface area contributed by atoms with Crippen molar-refractivity contribution in [2.24, 2.45) is 0 Å². The van der Waals surface area contributed by atoms with Gasteiger partial charge in [-0.25, -0.2) is 4.68 Å². The second kappa shape index (κ2) is 6.10. The summed E-state index contributed by atoms with van der Waals surface area (Å²) >= 11 is 6.08. The molecule has 0 aliphatic heterocycles. The number of hydrogen-bond acceptors (Lipinski definition) is 3. The van der Waals surface area contributed by atoms with E-state index in [1.807, 2.05) is 19.1 Å². The maximum atomic E-state index is 12.3. The maximum absolute atomic E-state index is 12.3. The molecule has 1 heterocycles. The van der Waals surface area contributed by atoms with Gasteiger partial charge in [0.1, 0.15) is 6.04 Å². The number of nitrogens with zero attached hydrogens (tertiary/aromatic N) is 2. The fourth-order valence-corrected chi connectivity index (χ4v) is 2.20. The van der Waals surface area contributed by atoms with Crippen LogP contribution in [-0.4, -0.2) is 15.7 Å². The van der Waals surface area contributed by atoms with Crippen LogP contribution in [0.25, 0.3) is 0 Å². The summed E-state index contributed by atoms with van der Waals surface area (Å²) in [7, 11) is 0. The van der Waals surface area contributed by atoms with Gasteiger partial charge in [-0.15, -0.1) is 0 Å². The first-order valence-electron chi connectivity index (χ1n) is 6.52. The molecule has 0 radical (unpaired) electrons. The first-order valence-corrected chi connectivity index (χ1v) is 6.90. The molecule has 0 aliphatic carbocycles. The Morgan fingerprint density at radius 3 is 2.67 bits per heavy atom. The van der Waals surface area contributed by atoms with E-state index in [1.165, 1.54) is 6.07 Å². The van der Waals surface area contributed by atoms with E-state index in [-0.39, 0.29) is 11.5 Å². The lowest BCUT2D eigenvalue weighted by molar-refractivity contribution is -0.119. The van der Waals surface area contributed by atoms with Crippen LogP contribution in [0.2, 0.25) is 5.02 Å². The second-order valence-corrected chi connectivity index (χ2v) is 5.26. The fraction of sp³-hybridized carbons (Fsp3) is 0.267. The van der Waals surface area contributed by atoms with Crippen molar-refractivity contribution >= 4 is 23.2 Å². The zero-order chi connectivity index (χ0) is 15.6. The molecule has 0 unspecified atom stereocenters. The monoisotopic (exact) mass is 305 g/mol. The number of para-hydroxylation sites is 1. The zero-order valence-electron chi connectivity index (χ0n) is 12.1. The highest BCUT2D eigenvalue weighted by molar-refractivity contribution is 6.33. The summed E-state index contributed by atoms with van der Waals surface area (Å²) in [5.41, 5.74) is 1.76. The Bertz CT molecular complexity index is 720. The molecule has 110 valence electrons. The number of nitrogens with one attached hydrogen (secondary N) is 1. The number of carbonyl (C=O) groups is 1. The highest BCUT2D eigenvalue weighted by Crippen LogP contribution is 2.25. The van der Waals surface area contributed by atoms with Gasteiger partial charge in [0, 0.05) is 6.07 Å². The molecule has 1 N–H and O–H groups in total. The average molecular weight is 306 g/mol. The van der Waals surface area contributed by atoms with Crippen LogP contribution >= 0.6 is 11.6 Å². The van der Waals surface area contributed by atoms with Crippen molar-refractivity contribution in [3.8, 4) is 0 Å². The van der Waals surface area contributed by atoms with Crippen LogP contribution in [-0.2, 0) is 4.79 Å². The number of carbonyl (C=O) groups excluding carboxylic acids is 1. The summed E-state index contributed by atoms with van der Waals surface area (Å²) in [6, 6.07) is 7.64. The molecule has 2 aromatic rings. The summed E-state index contributed by atoms with van der Waals surface area (Å²) in [4.78, 5) is 24.1. The predicted octanol–water partition coefficient (Wildman–Crippen LogP) is 2.71. The topological polar surface area (TPSA) is 64.0 Å². The van der Waals surface area contributed by atoms with Crippen LogP contribution in [0, 0.1) is 13.8 Å². The van der Waals surface area contributed by atoms with Crippen molar-refractivity contribution in [3.63, 3.8) is 0 Å². The van der Waals surface area contributed by atoms with E-state index in [0.29, 0.717) is 16.4 Å². The van der Waals surface area contributed by atoms with Crippen molar-refractivity contribution in [3.05, 3.63) is 57.0 Å². The Morgan fingerprint density at radius 2 is 2.00 bits per heavy atom. The van der Waals surface area contributed by atoms with Crippen LogP contribution < -0.4 is 10.9 Å². The summed E-state index contributed by atoms with van der Waals surface area (Å²) in [5.74, 6) is -0.341. The first kappa shape index (κ1) is 15.3. The molecule has 5 nitrogen and oxygen atoms in total. The molecule has 1 aromatic heterocycles. The van der Waals surface area contributed by atoms with Gasteiger partial charge in [0.2, 0.25) is 5.91 Å². The third-order valence-electron chi connectivity index (χ3n) is 3.17. The predicted molar refractivity (Wildman–Crippen MR) is 82.8 cm³/mol. The van der Waals surface area contributed by atoms with E-state index in [0.717, 1.165) is 10.2 Å². The molecule has 1 aromatic carbocycles. The third kappa shape index (κ3) is 3.31. The molecule has 6 heteroatoms. The lowest BCUT2D eigenvalue weighted by Crippen LogP contribution is -2.33. The van der Waals surface area contributed by atoms with Gasteiger partial charge >= 0.3 is 0 Å². The molecule has 21 heavy (non-hydrogen) atoms. The van der Waals surface area contributed by atoms with Crippen LogP contribution in [0.3, 0.4) is 0 Å². The fourth-order valence-electron chi connectivity index (χ4n) is 1.93. The Labute approximate surface area is 127 Å². The van der Waals surface area contributed by atoms with Gasteiger partial charge in [-0.2, -0.15) is 5.10 Å². The van der Waals surface area contributed by atoms with Crippen LogP contribution in [0.15, 0.2) is 35.1 Å². The van der Waals surface area contributed by atoms with Gasteiger partial charge in [-0.05, 0) is 38.5 Å². The quantitative estimate of drug-likeness (QED) is 0.948. The van der Waals surface area contributed by atoms with Crippen LogP contribution in [0.1, 0.15) is 24.2 Å². The number of amides is 1.